The van der Waals surface area contributed by atoms with Gasteiger partial charge in [0.15, 0.2) is 8.32 Å². The van der Waals surface area contributed by atoms with Crippen molar-refractivity contribution in [2.75, 3.05) is 6.61 Å². The Hall–Kier alpha value is -0.136. The number of rotatable bonds is 7. The van der Waals surface area contributed by atoms with Gasteiger partial charge in [-0.15, -0.1) is 0 Å². The van der Waals surface area contributed by atoms with E-state index in [4.69, 9.17) is 8.85 Å². The standard InChI is InChI=1S/C11H26O3Si2/c1-15(2,3)13-10-8-7-9-11(12)14-16(4,5)6/h7-10H2,1-6H3. The highest BCUT2D eigenvalue weighted by Crippen LogP contribution is 2.08. The SMILES string of the molecule is C[Si](C)(C)OCCCCC(=O)O[Si](C)(C)C. The third-order valence-electron chi connectivity index (χ3n) is 1.73. The minimum absolute atomic E-state index is 0.0489. The molecule has 0 saturated heterocycles. The molecule has 0 aliphatic heterocycles. The molecular weight excluding hydrogens is 236 g/mol. The fraction of sp³-hybridized carbons (Fsp3) is 0.909. The Labute approximate surface area is 102 Å². The summed E-state index contributed by atoms with van der Waals surface area (Å²) in [5.41, 5.74) is 0. The minimum Gasteiger partial charge on any atom is -0.520 e. The second kappa shape index (κ2) is 6.56. The summed E-state index contributed by atoms with van der Waals surface area (Å²) in [6.45, 7) is 13.4. The monoisotopic (exact) mass is 262 g/mol. The van der Waals surface area contributed by atoms with Crippen LogP contribution in [0.2, 0.25) is 39.3 Å². The minimum atomic E-state index is -1.69. The smallest absolute Gasteiger partial charge is 0.292 e. The van der Waals surface area contributed by atoms with E-state index in [1.54, 1.807) is 0 Å². The van der Waals surface area contributed by atoms with Gasteiger partial charge in [0, 0.05) is 13.0 Å². The zero-order chi connectivity index (χ0) is 12.8. The Kier molecular flexibility index (Phi) is 6.51. The molecule has 0 atom stereocenters. The van der Waals surface area contributed by atoms with Crippen LogP contribution < -0.4 is 0 Å². The summed E-state index contributed by atoms with van der Waals surface area (Å²) in [5.74, 6) is -0.0489. The first kappa shape index (κ1) is 15.9. The topological polar surface area (TPSA) is 35.5 Å². The van der Waals surface area contributed by atoms with Crippen LogP contribution in [-0.2, 0) is 13.6 Å². The lowest BCUT2D eigenvalue weighted by molar-refractivity contribution is -0.135. The Morgan fingerprint density at radius 1 is 0.938 bits per heavy atom. The second-order valence-corrected chi connectivity index (χ2v) is 14.9. The highest BCUT2D eigenvalue weighted by atomic mass is 28.4. The van der Waals surface area contributed by atoms with E-state index < -0.39 is 16.6 Å². The van der Waals surface area contributed by atoms with Gasteiger partial charge in [0.05, 0.1) is 0 Å². The summed E-state index contributed by atoms with van der Waals surface area (Å²) in [4.78, 5) is 11.4. The van der Waals surface area contributed by atoms with Crippen molar-refractivity contribution in [3.63, 3.8) is 0 Å². The van der Waals surface area contributed by atoms with Crippen molar-refractivity contribution in [3.8, 4) is 0 Å². The fourth-order valence-corrected chi connectivity index (χ4v) is 2.68. The van der Waals surface area contributed by atoms with Gasteiger partial charge < -0.3 is 8.85 Å². The lowest BCUT2D eigenvalue weighted by Crippen LogP contribution is -2.29. The van der Waals surface area contributed by atoms with Crippen molar-refractivity contribution < 1.29 is 13.6 Å². The lowest BCUT2D eigenvalue weighted by Gasteiger charge is -2.18. The highest BCUT2D eigenvalue weighted by Gasteiger charge is 2.19. The van der Waals surface area contributed by atoms with Gasteiger partial charge in [0.1, 0.15) is 0 Å². The average molecular weight is 262 g/mol. The molecule has 0 bridgehead atoms. The van der Waals surface area contributed by atoms with Gasteiger partial charge in [-0.3, -0.25) is 4.79 Å². The molecule has 0 fully saturated rings. The van der Waals surface area contributed by atoms with Gasteiger partial charge in [-0.1, -0.05) is 0 Å². The maximum Gasteiger partial charge on any atom is 0.292 e. The molecule has 0 aromatic carbocycles. The molecule has 0 spiro atoms. The molecule has 3 nitrogen and oxygen atoms in total. The van der Waals surface area contributed by atoms with Gasteiger partial charge in [0.25, 0.3) is 5.97 Å². The molecule has 0 radical (unpaired) electrons. The van der Waals surface area contributed by atoms with Crippen LogP contribution in [0.15, 0.2) is 0 Å². The highest BCUT2D eigenvalue weighted by molar-refractivity contribution is 6.71. The molecule has 96 valence electrons. The molecule has 16 heavy (non-hydrogen) atoms. The van der Waals surface area contributed by atoms with Crippen molar-refractivity contribution in [2.45, 2.75) is 58.5 Å². The second-order valence-electron chi connectivity index (χ2n) is 6.00. The Morgan fingerprint density at radius 3 is 1.94 bits per heavy atom. The maximum absolute atomic E-state index is 11.4. The van der Waals surface area contributed by atoms with Crippen LogP contribution in [0.5, 0.6) is 0 Å². The number of hydrogen-bond donors (Lipinski definition) is 0. The van der Waals surface area contributed by atoms with Crippen molar-refractivity contribution in [1.29, 1.82) is 0 Å². The molecular formula is C11H26O3Si2. The normalized spacial score (nSPS) is 12.6. The first-order valence-electron chi connectivity index (χ1n) is 5.96. The van der Waals surface area contributed by atoms with Crippen LogP contribution in [0.3, 0.4) is 0 Å². The van der Waals surface area contributed by atoms with Gasteiger partial charge in [-0.25, -0.2) is 0 Å². The van der Waals surface area contributed by atoms with E-state index in [1.807, 2.05) is 19.6 Å². The van der Waals surface area contributed by atoms with E-state index in [-0.39, 0.29) is 5.97 Å². The molecule has 0 aliphatic carbocycles. The Bertz CT molecular complexity index is 216. The van der Waals surface area contributed by atoms with Crippen molar-refractivity contribution in [1.82, 2.24) is 0 Å². The zero-order valence-electron chi connectivity index (χ0n) is 11.6. The van der Waals surface area contributed by atoms with Crippen molar-refractivity contribution in [3.05, 3.63) is 0 Å². The van der Waals surface area contributed by atoms with E-state index in [2.05, 4.69) is 19.6 Å². The molecule has 5 heteroatoms. The van der Waals surface area contributed by atoms with Gasteiger partial charge in [0.2, 0.25) is 8.32 Å². The number of unbranched alkanes of at least 4 members (excludes halogenated alkanes) is 1. The third-order valence-corrected chi connectivity index (χ3v) is 3.64. The first-order valence-corrected chi connectivity index (χ1v) is 12.8. The molecule has 0 aliphatic rings. The molecule has 0 saturated carbocycles. The van der Waals surface area contributed by atoms with E-state index >= 15 is 0 Å². The molecule has 0 aromatic heterocycles. The van der Waals surface area contributed by atoms with Crippen LogP contribution in [0.25, 0.3) is 0 Å². The van der Waals surface area contributed by atoms with Crippen molar-refractivity contribution in [2.24, 2.45) is 0 Å². The van der Waals surface area contributed by atoms with Gasteiger partial charge in [-0.2, -0.15) is 0 Å². The van der Waals surface area contributed by atoms with Gasteiger partial charge in [-0.05, 0) is 52.1 Å². The predicted molar refractivity (Wildman–Crippen MR) is 72.6 cm³/mol. The van der Waals surface area contributed by atoms with Crippen molar-refractivity contribution >= 4 is 22.6 Å². The summed E-state index contributed by atoms with van der Waals surface area (Å²) >= 11 is 0. The average Bonchev–Trinajstić information content (AvgIpc) is 1.97. The molecule has 0 heterocycles. The van der Waals surface area contributed by atoms with Crippen LogP contribution in [-0.4, -0.2) is 29.2 Å². The number of hydrogen-bond acceptors (Lipinski definition) is 3. The summed E-state index contributed by atoms with van der Waals surface area (Å²) in [5, 5.41) is 0. The zero-order valence-corrected chi connectivity index (χ0v) is 13.6. The van der Waals surface area contributed by atoms with Gasteiger partial charge >= 0.3 is 0 Å². The van der Waals surface area contributed by atoms with Crippen LogP contribution in [0, 0.1) is 0 Å². The third kappa shape index (κ3) is 11.9. The molecule has 0 amide bonds. The Morgan fingerprint density at radius 2 is 1.50 bits per heavy atom. The molecule has 0 rings (SSSR count). The quantitative estimate of drug-likeness (QED) is 0.521. The van der Waals surface area contributed by atoms with Crippen LogP contribution in [0.1, 0.15) is 19.3 Å². The summed E-state index contributed by atoms with van der Waals surface area (Å²) in [6, 6.07) is 0. The predicted octanol–water partition coefficient (Wildman–Crippen LogP) is 3.39. The fourth-order valence-electron chi connectivity index (χ4n) is 1.14. The van der Waals surface area contributed by atoms with E-state index in [1.165, 1.54) is 0 Å². The molecule has 0 N–H and O–H groups in total. The number of carbonyl (C=O) groups excluding carboxylic acids is 1. The van der Waals surface area contributed by atoms with Crippen LogP contribution >= 0.6 is 0 Å². The summed E-state index contributed by atoms with van der Waals surface area (Å²) in [6.07, 6.45) is 2.35. The van der Waals surface area contributed by atoms with Crippen LogP contribution in [0.4, 0.5) is 0 Å². The maximum atomic E-state index is 11.4. The largest absolute Gasteiger partial charge is 0.520 e. The summed E-state index contributed by atoms with van der Waals surface area (Å²) < 4.78 is 11.1. The summed E-state index contributed by atoms with van der Waals surface area (Å²) in [7, 11) is -3.07. The Balaban J connectivity index is 3.50. The number of carbonyl (C=O) groups is 1. The van der Waals surface area contributed by atoms with E-state index in [0.29, 0.717) is 6.42 Å². The molecule has 0 aromatic rings. The molecule has 0 unspecified atom stereocenters. The lowest BCUT2D eigenvalue weighted by atomic mass is 10.2. The van der Waals surface area contributed by atoms with E-state index in [0.717, 1.165) is 19.4 Å². The first-order chi connectivity index (χ1) is 7.10. The van der Waals surface area contributed by atoms with E-state index in [9.17, 15) is 4.79 Å².